The van der Waals surface area contributed by atoms with Crippen LogP contribution in [0.2, 0.25) is 0 Å². The van der Waals surface area contributed by atoms with Crippen molar-refractivity contribution in [2.24, 2.45) is 0 Å². The van der Waals surface area contributed by atoms with E-state index in [2.05, 4.69) is 24.3 Å². The molecule has 0 spiro atoms. The van der Waals surface area contributed by atoms with Gasteiger partial charge in [-0.25, -0.2) is 4.68 Å². The molecule has 0 saturated carbocycles. The Hall–Kier alpha value is -2.10. The first-order valence-corrected chi connectivity index (χ1v) is 6.53. The monoisotopic (exact) mass is 257 g/mol. The molecule has 0 unspecified atom stereocenters. The summed E-state index contributed by atoms with van der Waals surface area (Å²) in [5, 5.41) is 7.16. The second-order valence-corrected chi connectivity index (χ2v) is 4.74. The van der Waals surface area contributed by atoms with Crippen molar-refractivity contribution in [3.05, 3.63) is 47.7 Å². The molecule has 0 aliphatic heterocycles. The number of rotatable bonds is 4. The lowest BCUT2D eigenvalue weighted by molar-refractivity contribution is 0.102. The molecular formula is C15H19N3O. The van der Waals surface area contributed by atoms with E-state index >= 15 is 0 Å². The van der Waals surface area contributed by atoms with Crippen LogP contribution in [0.1, 0.15) is 42.2 Å². The summed E-state index contributed by atoms with van der Waals surface area (Å²) in [6, 6.07) is 9.63. The van der Waals surface area contributed by atoms with Crippen LogP contribution in [0, 0.1) is 6.92 Å². The van der Waals surface area contributed by atoms with Gasteiger partial charge in [0.1, 0.15) is 5.82 Å². The Balaban J connectivity index is 2.18. The third kappa shape index (κ3) is 3.02. The molecule has 0 radical (unpaired) electrons. The highest BCUT2D eigenvalue weighted by Crippen LogP contribution is 2.17. The summed E-state index contributed by atoms with van der Waals surface area (Å²) in [6.45, 7) is 6.15. The largest absolute Gasteiger partial charge is 0.307 e. The Labute approximate surface area is 113 Å². The van der Waals surface area contributed by atoms with E-state index in [4.69, 9.17) is 0 Å². The van der Waals surface area contributed by atoms with Crippen LogP contribution in [0.4, 0.5) is 5.82 Å². The van der Waals surface area contributed by atoms with Gasteiger partial charge in [-0.1, -0.05) is 24.6 Å². The molecule has 0 bridgehead atoms. The van der Waals surface area contributed by atoms with E-state index in [1.165, 1.54) is 0 Å². The molecule has 1 N–H and O–H groups in total. The van der Waals surface area contributed by atoms with Gasteiger partial charge in [-0.3, -0.25) is 4.79 Å². The van der Waals surface area contributed by atoms with Gasteiger partial charge in [0.2, 0.25) is 0 Å². The summed E-state index contributed by atoms with van der Waals surface area (Å²) in [5.41, 5.74) is 1.74. The van der Waals surface area contributed by atoms with Gasteiger partial charge < -0.3 is 5.32 Å². The van der Waals surface area contributed by atoms with Gasteiger partial charge in [0.05, 0.1) is 12.2 Å². The maximum Gasteiger partial charge on any atom is 0.256 e. The number of benzene rings is 1. The lowest BCUT2D eigenvalue weighted by Crippen LogP contribution is -2.17. The number of carbonyl (C=O) groups excluding carboxylic acids is 1. The maximum atomic E-state index is 12.2. The predicted molar refractivity (Wildman–Crippen MR) is 76.4 cm³/mol. The van der Waals surface area contributed by atoms with Crippen molar-refractivity contribution in [1.82, 2.24) is 9.78 Å². The van der Waals surface area contributed by atoms with Gasteiger partial charge >= 0.3 is 0 Å². The highest BCUT2D eigenvalue weighted by atomic mass is 16.1. The highest BCUT2D eigenvalue weighted by Gasteiger charge is 2.12. The summed E-state index contributed by atoms with van der Waals surface area (Å²) in [5.74, 6) is 0.634. The molecule has 19 heavy (non-hydrogen) atoms. The summed E-state index contributed by atoms with van der Waals surface area (Å²) >= 11 is 0. The van der Waals surface area contributed by atoms with E-state index in [9.17, 15) is 4.79 Å². The maximum absolute atomic E-state index is 12.2. The average Bonchev–Trinajstić information content (AvgIpc) is 2.86. The van der Waals surface area contributed by atoms with E-state index in [1.54, 1.807) is 6.20 Å². The summed E-state index contributed by atoms with van der Waals surface area (Å²) in [6.07, 6.45) is 2.67. The number of amides is 1. The number of hydrogen-bond donors (Lipinski definition) is 1. The van der Waals surface area contributed by atoms with Crippen molar-refractivity contribution in [1.29, 1.82) is 0 Å². The molecule has 100 valence electrons. The zero-order valence-electron chi connectivity index (χ0n) is 11.6. The minimum absolute atomic E-state index is 0.103. The molecule has 0 aliphatic carbocycles. The van der Waals surface area contributed by atoms with E-state index in [0.29, 0.717) is 5.56 Å². The van der Waals surface area contributed by atoms with Gasteiger partial charge in [0.15, 0.2) is 0 Å². The van der Waals surface area contributed by atoms with Crippen LogP contribution < -0.4 is 5.32 Å². The van der Waals surface area contributed by atoms with Crippen LogP contribution in [0.15, 0.2) is 36.5 Å². The Morgan fingerprint density at radius 3 is 2.89 bits per heavy atom. The molecule has 0 aliphatic rings. The third-order valence-corrected chi connectivity index (χ3v) is 3.20. The molecule has 4 heteroatoms. The fourth-order valence-corrected chi connectivity index (χ4v) is 1.91. The van der Waals surface area contributed by atoms with Crippen molar-refractivity contribution in [2.75, 3.05) is 5.32 Å². The van der Waals surface area contributed by atoms with Gasteiger partial charge in [-0.2, -0.15) is 5.10 Å². The van der Waals surface area contributed by atoms with Gasteiger partial charge in [0, 0.05) is 11.6 Å². The van der Waals surface area contributed by atoms with Crippen LogP contribution in [-0.2, 0) is 0 Å². The van der Waals surface area contributed by atoms with Crippen LogP contribution in [-0.4, -0.2) is 15.7 Å². The highest BCUT2D eigenvalue weighted by molar-refractivity contribution is 6.03. The molecular weight excluding hydrogens is 238 g/mol. The lowest BCUT2D eigenvalue weighted by atomic mass is 10.1. The predicted octanol–water partition coefficient (Wildman–Crippen LogP) is 3.41. The zero-order chi connectivity index (χ0) is 13.8. The summed E-state index contributed by atoms with van der Waals surface area (Å²) < 4.78 is 1.84. The number of carbonyl (C=O) groups is 1. The van der Waals surface area contributed by atoms with E-state index in [-0.39, 0.29) is 11.9 Å². The van der Waals surface area contributed by atoms with Crippen molar-refractivity contribution < 1.29 is 4.79 Å². The van der Waals surface area contributed by atoms with E-state index in [0.717, 1.165) is 17.8 Å². The molecule has 1 atom stereocenters. The smallest absolute Gasteiger partial charge is 0.256 e. The van der Waals surface area contributed by atoms with Crippen LogP contribution in [0.5, 0.6) is 0 Å². The first kappa shape index (κ1) is 13.3. The normalized spacial score (nSPS) is 12.2. The quantitative estimate of drug-likeness (QED) is 0.912. The SMILES string of the molecule is CC[C@H](C)n1nccc1NC(=O)c1cccc(C)c1. The van der Waals surface area contributed by atoms with Crippen LogP contribution in [0.3, 0.4) is 0 Å². The standard InChI is InChI=1S/C15H19N3O/c1-4-12(3)18-14(8-9-16-18)17-15(19)13-7-5-6-11(2)10-13/h5-10,12H,4H2,1-3H3,(H,17,19)/t12-/m0/s1. The number of nitrogens with zero attached hydrogens (tertiary/aromatic N) is 2. The van der Waals surface area contributed by atoms with Crippen molar-refractivity contribution in [3.8, 4) is 0 Å². The number of anilines is 1. The Morgan fingerprint density at radius 2 is 2.21 bits per heavy atom. The fraction of sp³-hybridized carbons (Fsp3) is 0.333. The van der Waals surface area contributed by atoms with Crippen molar-refractivity contribution in [2.45, 2.75) is 33.2 Å². The van der Waals surface area contributed by atoms with E-state index in [1.807, 2.05) is 41.9 Å². The molecule has 1 heterocycles. The molecule has 2 rings (SSSR count). The second kappa shape index (κ2) is 5.69. The minimum Gasteiger partial charge on any atom is -0.307 e. The van der Waals surface area contributed by atoms with E-state index < -0.39 is 0 Å². The second-order valence-electron chi connectivity index (χ2n) is 4.74. The van der Waals surface area contributed by atoms with Crippen LogP contribution >= 0.6 is 0 Å². The molecule has 1 aromatic carbocycles. The average molecular weight is 257 g/mol. The van der Waals surface area contributed by atoms with Crippen molar-refractivity contribution in [3.63, 3.8) is 0 Å². The molecule has 2 aromatic rings. The van der Waals surface area contributed by atoms with Gasteiger partial charge in [-0.05, 0) is 32.4 Å². The molecule has 0 saturated heterocycles. The van der Waals surface area contributed by atoms with Crippen molar-refractivity contribution >= 4 is 11.7 Å². The molecule has 1 aromatic heterocycles. The molecule has 4 nitrogen and oxygen atoms in total. The molecule has 1 amide bonds. The fourth-order valence-electron chi connectivity index (χ4n) is 1.91. The minimum atomic E-state index is -0.103. The number of nitrogens with one attached hydrogen (secondary N) is 1. The Morgan fingerprint density at radius 1 is 1.42 bits per heavy atom. The number of hydrogen-bond acceptors (Lipinski definition) is 2. The van der Waals surface area contributed by atoms with Gasteiger partial charge in [-0.15, -0.1) is 0 Å². The third-order valence-electron chi connectivity index (χ3n) is 3.20. The van der Waals surface area contributed by atoms with Crippen LogP contribution in [0.25, 0.3) is 0 Å². The summed E-state index contributed by atoms with van der Waals surface area (Å²) in [7, 11) is 0. The Bertz CT molecular complexity index is 574. The number of aryl methyl sites for hydroxylation is 1. The Kier molecular flexibility index (Phi) is 4.00. The molecule has 0 fully saturated rings. The first-order valence-electron chi connectivity index (χ1n) is 6.53. The zero-order valence-corrected chi connectivity index (χ0v) is 11.6. The first-order chi connectivity index (χ1) is 9.11. The number of aromatic nitrogens is 2. The lowest BCUT2D eigenvalue weighted by Gasteiger charge is -2.14. The van der Waals surface area contributed by atoms with Gasteiger partial charge in [0.25, 0.3) is 5.91 Å². The topological polar surface area (TPSA) is 46.9 Å². The summed E-state index contributed by atoms with van der Waals surface area (Å²) in [4.78, 5) is 12.2.